The molecule has 2 nitrogen and oxygen atoms in total. The molecule has 0 unspecified atom stereocenters. The van der Waals surface area contributed by atoms with Gasteiger partial charge in [0.1, 0.15) is 6.10 Å². The van der Waals surface area contributed by atoms with Crippen molar-refractivity contribution >= 4 is 5.97 Å². The summed E-state index contributed by atoms with van der Waals surface area (Å²) in [4.78, 5) is 11.4. The van der Waals surface area contributed by atoms with Crippen molar-refractivity contribution in [3.63, 3.8) is 0 Å². The number of carbonyl (C=O) groups excluding carboxylic acids is 1. The van der Waals surface area contributed by atoms with Crippen LogP contribution in [0.25, 0.3) is 0 Å². The van der Waals surface area contributed by atoms with Crippen LogP contribution in [0.3, 0.4) is 0 Å². The van der Waals surface area contributed by atoms with Crippen molar-refractivity contribution in [1.82, 2.24) is 0 Å². The molecule has 0 radical (unpaired) electrons. The van der Waals surface area contributed by atoms with Gasteiger partial charge in [-0.2, -0.15) is 0 Å². The van der Waals surface area contributed by atoms with Crippen LogP contribution in [0.4, 0.5) is 0 Å². The monoisotopic (exact) mass is 198 g/mol. The van der Waals surface area contributed by atoms with Crippen LogP contribution in [-0.2, 0) is 9.53 Å². The van der Waals surface area contributed by atoms with E-state index in [0.29, 0.717) is 6.42 Å². The maximum atomic E-state index is 11.4. The Balaban J connectivity index is 2.06. The highest BCUT2D eigenvalue weighted by Crippen LogP contribution is 2.20. The molecule has 1 rings (SSSR count). The molecule has 0 heterocycles. The minimum absolute atomic E-state index is 0.0188. The number of unbranched alkanes of at least 4 members (excludes halogenated alkanes) is 2. The summed E-state index contributed by atoms with van der Waals surface area (Å²) in [5, 5.41) is 0. The molecule has 82 valence electrons. The van der Waals surface area contributed by atoms with E-state index in [1.807, 2.05) is 0 Å². The first-order valence-electron chi connectivity index (χ1n) is 6.02. The average molecular weight is 198 g/mol. The first-order valence-corrected chi connectivity index (χ1v) is 6.02. The SMILES string of the molecule is CCCCCC(=O)OC1CCCCC1. The molecule has 2 heteroatoms. The van der Waals surface area contributed by atoms with Gasteiger partial charge in [0.2, 0.25) is 0 Å². The predicted octanol–water partition coefficient (Wildman–Crippen LogP) is 3.44. The highest BCUT2D eigenvalue weighted by atomic mass is 16.5. The summed E-state index contributed by atoms with van der Waals surface area (Å²) in [6.45, 7) is 2.15. The van der Waals surface area contributed by atoms with Crippen LogP contribution < -0.4 is 0 Å². The maximum absolute atomic E-state index is 11.4. The Morgan fingerprint density at radius 1 is 1.21 bits per heavy atom. The van der Waals surface area contributed by atoms with E-state index in [1.165, 1.54) is 19.3 Å². The largest absolute Gasteiger partial charge is 0.462 e. The Morgan fingerprint density at radius 3 is 2.57 bits per heavy atom. The van der Waals surface area contributed by atoms with Crippen molar-refractivity contribution in [1.29, 1.82) is 0 Å². The Kier molecular flexibility index (Phi) is 5.65. The van der Waals surface area contributed by atoms with Crippen molar-refractivity contribution in [3.05, 3.63) is 0 Å². The van der Waals surface area contributed by atoms with Crippen LogP contribution >= 0.6 is 0 Å². The molecule has 1 saturated carbocycles. The summed E-state index contributed by atoms with van der Waals surface area (Å²) >= 11 is 0. The molecular weight excluding hydrogens is 176 g/mol. The van der Waals surface area contributed by atoms with Gasteiger partial charge in [-0.05, 0) is 32.1 Å². The summed E-state index contributed by atoms with van der Waals surface area (Å²) in [7, 11) is 0. The second kappa shape index (κ2) is 6.86. The lowest BCUT2D eigenvalue weighted by Gasteiger charge is -2.21. The zero-order valence-electron chi connectivity index (χ0n) is 9.26. The lowest BCUT2D eigenvalue weighted by atomic mass is 9.98. The van der Waals surface area contributed by atoms with Gasteiger partial charge >= 0.3 is 5.97 Å². The Hall–Kier alpha value is -0.530. The average Bonchev–Trinajstić information content (AvgIpc) is 2.20. The lowest BCUT2D eigenvalue weighted by Crippen LogP contribution is -2.20. The Labute approximate surface area is 87.0 Å². The molecule has 0 N–H and O–H groups in total. The molecule has 1 aliphatic rings. The molecule has 0 aliphatic heterocycles. The molecule has 1 aliphatic carbocycles. The maximum Gasteiger partial charge on any atom is 0.306 e. The third-order valence-electron chi connectivity index (χ3n) is 2.83. The fourth-order valence-corrected chi connectivity index (χ4v) is 1.95. The number of carbonyl (C=O) groups is 1. The van der Waals surface area contributed by atoms with Crippen molar-refractivity contribution in [2.24, 2.45) is 0 Å². The minimum atomic E-state index is 0.0188. The molecule has 0 aromatic heterocycles. The molecule has 0 atom stereocenters. The molecule has 0 saturated heterocycles. The predicted molar refractivity (Wildman–Crippen MR) is 57.1 cm³/mol. The van der Waals surface area contributed by atoms with Crippen molar-refractivity contribution < 1.29 is 9.53 Å². The van der Waals surface area contributed by atoms with E-state index >= 15 is 0 Å². The van der Waals surface area contributed by atoms with Crippen molar-refractivity contribution in [3.8, 4) is 0 Å². The van der Waals surface area contributed by atoms with Gasteiger partial charge in [0.05, 0.1) is 0 Å². The second-order valence-corrected chi connectivity index (χ2v) is 4.21. The van der Waals surface area contributed by atoms with E-state index in [1.54, 1.807) is 0 Å². The molecule has 0 bridgehead atoms. The number of ether oxygens (including phenoxy) is 1. The molecule has 1 fully saturated rings. The molecule has 0 amide bonds. The zero-order chi connectivity index (χ0) is 10.2. The Bertz CT molecular complexity index is 160. The van der Waals surface area contributed by atoms with Gasteiger partial charge in [-0.1, -0.05) is 26.2 Å². The summed E-state index contributed by atoms with van der Waals surface area (Å²) in [6, 6.07) is 0. The van der Waals surface area contributed by atoms with E-state index in [0.717, 1.165) is 32.1 Å². The molecule has 0 aromatic rings. The second-order valence-electron chi connectivity index (χ2n) is 4.21. The lowest BCUT2D eigenvalue weighted by molar-refractivity contribution is -0.150. The normalized spacial score (nSPS) is 18.1. The highest BCUT2D eigenvalue weighted by Gasteiger charge is 2.16. The van der Waals surface area contributed by atoms with Crippen LogP contribution in [0.1, 0.15) is 64.7 Å². The van der Waals surface area contributed by atoms with Crippen LogP contribution in [0.5, 0.6) is 0 Å². The molecule has 0 aromatic carbocycles. The van der Waals surface area contributed by atoms with E-state index in [2.05, 4.69) is 6.92 Å². The molecule has 14 heavy (non-hydrogen) atoms. The van der Waals surface area contributed by atoms with Crippen LogP contribution in [0.2, 0.25) is 0 Å². The number of hydrogen-bond acceptors (Lipinski definition) is 2. The summed E-state index contributed by atoms with van der Waals surface area (Å²) in [5.74, 6) is 0.0188. The van der Waals surface area contributed by atoms with Crippen molar-refractivity contribution in [2.45, 2.75) is 70.8 Å². The fourth-order valence-electron chi connectivity index (χ4n) is 1.95. The minimum Gasteiger partial charge on any atom is -0.462 e. The zero-order valence-corrected chi connectivity index (χ0v) is 9.26. The third-order valence-corrected chi connectivity index (χ3v) is 2.83. The summed E-state index contributed by atoms with van der Waals surface area (Å²) in [5.41, 5.74) is 0. The quantitative estimate of drug-likeness (QED) is 0.499. The highest BCUT2D eigenvalue weighted by molar-refractivity contribution is 5.69. The Morgan fingerprint density at radius 2 is 1.93 bits per heavy atom. The van der Waals surface area contributed by atoms with Gasteiger partial charge in [-0.25, -0.2) is 0 Å². The third kappa shape index (κ3) is 4.64. The van der Waals surface area contributed by atoms with Gasteiger partial charge in [-0.15, -0.1) is 0 Å². The number of rotatable bonds is 5. The van der Waals surface area contributed by atoms with Crippen molar-refractivity contribution in [2.75, 3.05) is 0 Å². The van der Waals surface area contributed by atoms with Gasteiger partial charge in [-0.3, -0.25) is 4.79 Å². The molecular formula is C12H22O2. The van der Waals surface area contributed by atoms with Gasteiger partial charge in [0, 0.05) is 6.42 Å². The standard InChI is InChI=1S/C12H22O2/c1-2-3-5-10-12(13)14-11-8-6-4-7-9-11/h11H,2-10H2,1H3. The van der Waals surface area contributed by atoms with E-state index in [-0.39, 0.29) is 12.1 Å². The van der Waals surface area contributed by atoms with Crippen LogP contribution in [0, 0.1) is 0 Å². The van der Waals surface area contributed by atoms with Gasteiger partial charge in [0.25, 0.3) is 0 Å². The van der Waals surface area contributed by atoms with Crippen LogP contribution in [-0.4, -0.2) is 12.1 Å². The fraction of sp³-hybridized carbons (Fsp3) is 0.917. The first-order chi connectivity index (χ1) is 6.83. The number of esters is 1. The number of hydrogen-bond donors (Lipinski definition) is 0. The topological polar surface area (TPSA) is 26.3 Å². The van der Waals surface area contributed by atoms with Gasteiger partial charge < -0.3 is 4.74 Å². The first kappa shape index (κ1) is 11.5. The van der Waals surface area contributed by atoms with Gasteiger partial charge in [0.15, 0.2) is 0 Å². The van der Waals surface area contributed by atoms with E-state index < -0.39 is 0 Å². The summed E-state index contributed by atoms with van der Waals surface area (Å²) in [6.07, 6.45) is 10.1. The smallest absolute Gasteiger partial charge is 0.306 e. The van der Waals surface area contributed by atoms with Crippen LogP contribution in [0.15, 0.2) is 0 Å². The molecule has 0 spiro atoms. The van der Waals surface area contributed by atoms with E-state index in [9.17, 15) is 4.79 Å². The summed E-state index contributed by atoms with van der Waals surface area (Å²) < 4.78 is 5.40. The van der Waals surface area contributed by atoms with E-state index in [4.69, 9.17) is 4.74 Å².